The van der Waals surface area contributed by atoms with Crippen LogP contribution in [0.5, 0.6) is 11.5 Å². The summed E-state index contributed by atoms with van der Waals surface area (Å²) in [5.74, 6) is 1.58. The van der Waals surface area contributed by atoms with E-state index in [4.69, 9.17) is 9.47 Å². The predicted molar refractivity (Wildman–Crippen MR) is 109 cm³/mol. The van der Waals surface area contributed by atoms with Crippen molar-refractivity contribution in [3.8, 4) is 22.8 Å². The average molecular weight is 392 g/mol. The van der Waals surface area contributed by atoms with Gasteiger partial charge in [0.25, 0.3) is 0 Å². The highest BCUT2D eigenvalue weighted by Crippen LogP contribution is 2.34. The number of amides is 1. The summed E-state index contributed by atoms with van der Waals surface area (Å²) < 4.78 is 11.2. The van der Waals surface area contributed by atoms with Gasteiger partial charge in [0.2, 0.25) is 5.91 Å². The van der Waals surface area contributed by atoms with Crippen LogP contribution < -0.4 is 14.4 Å². The molecule has 0 unspecified atom stereocenters. The molecule has 0 aliphatic carbocycles. The standard InChI is InChI=1S/C22H20N2O3S/c1-14-23-18(13-28-14)16-3-4-19-17(12-16)6-7-24(19)22(25)11-15-2-5-20-21(10-15)27-9-8-26-20/h2-5,10,12-13H,6-9,11H2,1H3. The Labute approximate surface area is 167 Å². The van der Waals surface area contributed by atoms with Crippen LogP contribution in [0.25, 0.3) is 11.3 Å². The molecule has 0 spiro atoms. The fraction of sp³-hybridized carbons (Fsp3) is 0.273. The zero-order chi connectivity index (χ0) is 19.1. The predicted octanol–water partition coefficient (Wildman–Crippen LogP) is 4.02. The molecule has 3 heterocycles. The molecule has 5 rings (SSSR count). The van der Waals surface area contributed by atoms with Crippen molar-refractivity contribution in [1.82, 2.24) is 4.98 Å². The summed E-state index contributed by atoms with van der Waals surface area (Å²) in [4.78, 5) is 19.4. The Kier molecular flexibility index (Phi) is 4.28. The fourth-order valence-electron chi connectivity index (χ4n) is 3.78. The van der Waals surface area contributed by atoms with Gasteiger partial charge in [-0.15, -0.1) is 11.3 Å². The summed E-state index contributed by atoms with van der Waals surface area (Å²) in [5, 5.41) is 3.14. The molecule has 0 saturated heterocycles. The van der Waals surface area contributed by atoms with Gasteiger partial charge < -0.3 is 14.4 Å². The van der Waals surface area contributed by atoms with E-state index in [0.29, 0.717) is 19.6 Å². The Balaban J connectivity index is 1.35. The molecule has 3 aromatic rings. The lowest BCUT2D eigenvalue weighted by Gasteiger charge is -2.20. The van der Waals surface area contributed by atoms with Crippen LogP contribution in [0.15, 0.2) is 41.8 Å². The first-order valence-electron chi connectivity index (χ1n) is 9.42. The molecular weight excluding hydrogens is 372 g/mol. The number of benzene rings is 2. The molecule has 0 fully saturated rings. The summed E-state index contributed by atoms with van der Waals surface area (Å²) in [6.45, 7) is 3.85. The van der Waals surface area contributed by atoms with E-state index in [0.717, 1.165) is 52.0 Å². The molecule has 142 valence electrons. The molecule has 2 aromatic carbocycles. The van der Waals surface area contributed by atoms with Crippen molar-refractivity contribution in [3.63, 3.8) is 0 Å². The second-order valence-electron chi connectivity index (χ2n) is 7.05. The zero-order valence-electron chi connectivity index (χ0n) is 15.6. The second-order valence-corrected chi connectivity index (χ2v) is 8.11. The molecule has 0 bridgehead atoms. The summed E-state index contributed by atoms with van der Waals surface area (Å²) >= 11 is 1.65. The lowest BCUT2D eigenvalue weighted by molar-refractivity contribution is -0.117. The topological polar surface area (TPSA) is 51.7 Å². The van der Waals surface area contributed by atoms with Crippen molar-refractivity contribution < 1.29 is 14.3 Å². The van der Waals surface area contributed by atoms with E-state index in [-0.39, 0.29) is 5.91 Å². The molecular formula is C22H20N2O3S. The molecule has 1 amide bonds. The highest BCUT2D eigenvalue weighted by atomic mass is 32.1. The number of ether oxygens (including phenoxy) is 2. The van der Waals surface area contributed by atoms with E-state index in [9.17, 15) is 4.79 Å². The fourth-order valence-corrected chi connectivity index (χ4v) is 4.41. The number of hydrogen-bond donors (Lipinski definition) is 0. The monoisotopic (exact) mass is 392 g/mol. The summed E-state index contributed by atoms with van der Waals surface area (Å²) in [5.41, 5.74) is 5.28. The van der Waals surface area contributed by atoms with E-state index in [2.05, 4.69) is 22.5 Å². The molecule has 1 aromatic heterocycles. The van der Waals surface area contributed by atoms with E-state index >= 15 is 0 Å². The number of aryl methyl sites for hydroxylation is 1. The molecule has 0 radical (unpaired) electrons. The Bertz CT molecular complexity index is 1060. The van der Waals surface area contributed by atoms with Crippen molar-refractivity contribution in [3.05, 3.63) is 57.9 Å². The third-order valence-electron chi connectivity index (χ3n) is 5.15. The number of fused-ring (bicyclic) bond motifs is 2. The van der Waals surface area contributed by atoms with E-state index in [1.807, 2.05) is 36.1 Å². The minimum absolute atomic E-state index is 0.104. The Morgan fingerprint density at radius 3 is 2.82 bits per heavy atom. The van der Waals surface area contributed by atoms with Crippen LogP contribution in [-0.4, -0.2) is 30.6 Å². The second kappa shape index (κ2) is 6.95. The zero-order valence-corrected chi connectivity index (χ0v) is 16.4. The smallest absolute Gasteiger partial charge is 0.231 e. The van der Waals surface area contributed by atoms with Crippen molar-refractivity contribution in [2.75, 3.05) is 24.7 Å². The van der Waals surface area contributed by atoms with Crippen LogP contribution in [0, 0.1) is 6.92 Å². The van der Waals surface area contributed by atoms with Gasteiger partial charge in [0, 0.05) is 23.2 Å². The minimum Gasteiger partial charge on any atom is -0.486 e. The number of rotatable bonds is 3. The molecule has 2 aliphatic rings. The maximum Gasteiger partial charge on any atom is 0.231 e. The van der Waals surface area contributed by atoms with Crippen molar-refractivity contribution >= 4 is 22.9 Å². The number of carbonyl (C=O) groups is 1. The van der Waals surface area contributed by atoms with Gasteiger partial charge in [0.05, 0.1) is 17.1 Å². The highest BCUT2D eigenvalue weighted by Gasteiger charge is 2.25. The van der Waals surface area contributed by atoms with Gasteiger partial charge in [0.1, 0.15) is 13.2 Å². The van der Waals surface area contributed by atoms with E-state index in [1.54, 1.807) is 11.3 Å². The maximum atomic E-state index is 12.9. The van der Waals surface area contributed by atoms with Crippen molar-refractivity contribution in [1.29, 1.82) is 0 Å². The van der Waals surface area contributed by atoms with Crippen LogP contribution in [-0.2, 0) is 17.6 Å². The SMILES string of the molecule is Cc1nc(-c2ccc3c(c2)CCN3C(=O)Cc2ccc3c(c2)OCCO3)cs1. The van der Waals surface area contributed by atoms with Crippen LogP contribution in [0.2, 0.25) is 0 Å². The lowest BCUT2D eigenvalue weighted by atomic mass is 10.1. The van der Waals surface area contributed by atoms with Crippen molar-refractivity contribution in [2.24, 2.45) is 0 Å². The summed E-state index contributed by atoms with van der Waals surface area (Å²) in [6.07, 6.45) is 1.22. The number of anilines is 1. The Morgan fingerprint density at radius 2 is 2.00 bits per heavy atom. The Hall–Kier alpha value is -2.86. The molecule has 6 heteroatoms. The van der Waals surface area contributed by atoms with Crippen LogP contribution in [0.3, 0.4) is 0 Å². The van der Waals surface area contributed by atoms with Crippen LogP contribution >= 0.6 is 11.3 Å². The number of aromatic nitrogens is 1. The molecule has 5 nitrogen and oxygen atoms in total. The van der Waals surface area contributed by atoms with E-state index < -0.39 is 0 Å². The van der Waals surface area contributed by atoms with Gasteiger partial charge in [-0.1, -0.05) is 12.1 Å². The first-order chi connectivity index (χ1) is 13.7. The number of thiazole rings is 1. The largest absolute Gasteiger partial charge is 0.486 e. The van der Waals surface area contributed by atoms with Gasteiger partial charge in [-0.25, -0.2) is 4.98 Å². The number of hydrogen-bond acceptors (Lipinski definition) is 5. The summed E-state index contributed by atoms with van der Waals surface area (Å²) in [7, 11) is 0. The van der Waals surface area contributed by atoms with Gasteiger partial charge >= 0.3 is 0 Å². The van der Waals surface area contributed by atoms with Gasteiger partial charge in [0.15, 0.2) is 11.5 Å². The average Bonchev–Trinajstić information content (AvgIpc) is 3.33. The summed E-state index contributed by atoms with van der Waals surface area (Å²) in [6, 6.07) is 12.0. The minimum atomic E-state index is 0.104. The van der Waals surface area contributed by atoms with Crippen LogP contribution in [0.1, 0.15) is 16.1 Å². The van der Waals surface area contributed by atoms with E-state index in [1.165, 1.54) is 5.56 Å². The molecule has 0 atom stereocenters. The normalized spacial score (nSPS) is 14.8. The maximum absolute atomic E-state index is 12.9. The molecule has 0 saturated carbocycles. The highest BCUT2D eigenvalue weighted by molar-refractivity contribution is 7.09. The van der Waals surface area contributed by atoms with Gasteiger partial charge in [-0.2, -0.15) is 0 Å². The molecule has 0 N–H and O–H groups in total. The molecule has 2 aliphatic heterocycles. The lowest BCUT2D eigenvalue weighted by Crippen LogP contribution is -2.30. The number of carbonyl (C=O) groups excluding carboxylic acids is 1. The first-order valence-corrected chi connectivity index (χ1v) is 10.3. The van der Waals surface area contributed by atoms with Crippen LogP contribution in [0.4, 0.5) is 5.69 Å². The Morgan fingerprint density at radius 1 is 1.14 bits per heavy atom. The third-order valence-corrected chi connectivity index (χ3v) is 5.93. The quantitative estimate of drug-likeness (QED) is 0.676. The van der Waals surface area contributed by atoms with Crippen molar-refractivity contribution in [2.45, 2.75) is 19.8 Å². The first kappa shape index (κ1) is 17.3. The third kappa shape index (κ3) is 3.14. The van der Waals surface area contributed by atoms with Gasteiger partial charge in [-0.3, -0.25) is 4.79 Å². The molecule has 28 heavy (non-hydrogen) atoms. The van der Waals surface area contributed by atoms with Gasteiger partial charge in [-0.05, 0) is 48.7 Å². The number of nitrogens with zero attached hydrogens (tertiary/aromatic N) is 2.